The molecule has 8 nitrogen and oxygen atoms in total. The first-order valence-corrected chi connectivity index (χ1v) is 11.5. The molecule has 0 bridgehead atoms. The monoisotopic (exact) mass is 441 g/mol. The second-order valence-corrected chi connectivity index (χ2v) is 9.06. The number of amides is 1. The Morgan fingerprint density at radius 2 is 1.87 bits per heavy atom. The van der Waals surface area contributed by atoms with E-state index in [-0.39, 0.29) is 23.5 Å². The summed E-state index contributed by atoms with van der Waals surface area (Å²) in [7, 11) is -3.65. The van der Waals surface area contributed by atoms with Gasteiger partial charge >= 0.3 is 0 Å². The van der Waals surface area contributed by atoms with Gasteiger partial charge in [0, 0.05) is 24.4 Å². The molecule has 162 valence electrons. The Morgan fingerprint density at radius 1 is 1.13 bits per heavy atom. The summed E-state index contributed by atoms with van der Waals surface area (Å²) < 4.78 is 38.2. The van der Waals surface area contributed by atoms with Crippen molar-refractivity contribution >= 4 is 21.6 Å². The number of carbonyl (C=O) groups excluding carboxylic acids is 1. The third-order valence-corrected chi connectivity index (χ3v) is 6.52. The normalized spacial score (nSPS) is 16.4. The number of hydrogen-bond donors (Lipinski definition) is 2. The second-order valence-electron chi connectivity index (χ2n) is 7.29. The van der Waals surface area contributed by atoms with Crippen LogP contribution in [-0.4, -0.2) is 38.7 Å². The van der Waals surface area contributed by atoms with E-state index < -0.39 is 10.0 Å². The minimum atomic E-state index is -3.65. The van der Waals surface area contributed by atoms with E-state index >= 15 is 0 Å². The fourth-order valence-electron chi connectivity index (χ4n) is 3.43. The Balaban J connectivity index is 1.46. The number of carbonyl (C=O) groups is 1. The van der Waals surface area contributed by atoms with Crippen LogP contribution in [0.25, 0.3) is 11.3 Å². The van der Waals surface area contributed by atoms with Crippen LogP contribution in [0.15, 0.2) is 64.0 Å². The van der Waals surface area contributed by atoms with Gasteiger partial charge in [0.1, 0.15) is 17.0 Å². The number of anilines is 1. The summed E-state index contributed by atoms with van der Waals surface area (Å²) in [4.78, 5) is 13.0. The number of ether oxygens (including phenoxy) is 1. The number of sulfonamides is 1. The summed E-state index contributed by atoms with van der Waals surface area (Å²) in [5.74, 6) is 0.0126. The zero-order chi connectivity index (χ0) is 21.8. The van der Waals surface area contributed by atoms with Crippen LogP contribution in [-0.2, 0) is 14.8 Å². The second kappa shape index (κ2) is 9.01. The zero-order valence-electron chi connectivity index (χ0n) is 17.0. The van der Waals surface area contributed by atoms with Gasteiger partial charge in [-0.3, -0.25) is 4.79 Å². The molecule has 0 unspecified atom stereocenters. The molecule has 9 heteroatoms. The van der Waals surface area contributed by atoms with Gasteiger partial charge in [-0.25, -0.2) is 13.1 Å². The summed E-state index contributed by atoms with van der Waals surface area (Å²) in [6.45, 7) is 2.58. The summed E-state index contributed by atoms with van der Waals surface area (Å²) >= 11 is 0. The van der Waals surface area contributed by atoms with Crippen molar-refractivity contribution in [2.45, 2.75) is 30.8 Å². The Labute approximate surface area is 180 Å². The molecule has 0 radical (unpaired) electrons. The summed E-state index contributed by atoms with van der Waals surface area (Å²) in [5, 5.41) is 6.79. The van der Waals surface area contributed by atoms with Crippen molar-refractivity contribution < 1.29 is 22.5 Å². The largest absolute Gasteiger partial charge is 0.377 e. The van der Waals surface area contributed by atoms with E-state index in [0.717, 1.165) is 18.4 Å². The molecule has 0 spiro atoms. The lowest BCUT2D eigenvalue weighted by molar-refractivity contribution is 0.102. The maximum absolute atomic E-state index is 12.9. The number of benzene rings is 2. The Morgan fingerprint density at radius 3 is 2.55 bits per heavy atom. The highest BCUT2D eigenvalue weighted by Crippen LogP contribution is 2.26. The molecule has 0 aliphatic carbocycles. The summed E-state index contributed by atoms with van der Waals surface area (Å²) in [5.41, 5.74) is 2.01. The smallest absolute Gasteiger partial charge is 0.261 e. The number of nitrogens with one attached hydrogen (secondary N) is 2. The van der Waals surface area contributed by atoms with Crippen LogP contribution < -0.4 is 10.0 Å². The Bertz CT molecular complexity index is 1150. The van der Waals surface area contributed by atoms with Crippen molar-refractivity contribution in [3.05, 3.63) is 65.9 Å². The van der Waals surface area contributed by atoms with E-state index in [4.69, 9.17) is 9.26 Å². The highest BCUT2D eigenvalue weighted by atomic mass is 32.2. The summed E-state index contributed by atoms with van der Waals surface area (Å²) in [6, 6.07) is 15.3. The van der Waals surface area contributed by atoms with Gasteiger partial charge in [-0.1, -0.05) is 35.5 Å². The molecule has 1 saturated heterocycles. The molecule has 1 atom stereocenters. The summed E-state index contributed by atoms with van der Waals surface area (Å²) in [6.07, 6.45) is 1.71. The number of aromatic nitrogens is 1. The third kappa shape index (κ3) is 4.84. The first-order chi connectivity index (χ1) is 14.9. The van der Waals surface area contributed by atoms with Crippen molar-refractivity contribution in [1.82, 2.24) is 9.88 Å². The van der Waals surface area contributed by atoms with Crippen LogP contribution in [0.2, 0.25) is 0 Å². The van der Waals surface area contributed by atoms with Crippen molar-refractivity contribution in [2.24, 2.45) is 0 Å². The minimum Gasteiger partial charge on any atom is -0.377 e. The van der Waals surface area contributed by atoms with Gasteiger partial charge in [0.15, 0.2) is 0 Å². The first-order valence-electron chi connectivity index (χ1n) is 9.98. The van der Waals surface area contributed by atoms with Crippen molar-refractivity contribution in [1.29, 1.82) is 0 Å². The van der Waals surface area contributed by atoms with Crippen molar-refractivity contribution in [3.63, 3.8) is 0 Å². The van der Waals surface area contributed by atoms with E-state index in [2.05, 4.69) is 15.2 Å². The van der Waals surface area contributed by atoms with Crippen molar-refractivity contribution in [2.75, 3.05) is 18.5 Å². The molecule has 1 fully saturated rings. The Kier molecular flexibility index (Phi) is 6.17. The lowest BCUT2D eigenvalue weighted by Crippen LogP contribution is -2.31. The molecule has 4 rings (SSSR count). The van der Waals surface area contributed by atoms with Gasteiger partial charge in [-0.2, -0.15) is 0 Å². The van der Waals surface area contributed by atoms with Gasteiger partial charge < -0.3 is 14.6 Å². The molecule has 3 aromatic rings. The minimum absolute atomic E-state index is 0.0843. The standard InChI is InChI=1S/C22H23N3O5S/c1-15-20(21(25-30-15)16-6-3-2-4-7-16)22(26)24-17-9-11-19(12-10-17)31(27,28)23-14-18-8-5-13-29-18/h2-4,6-7,9-12,18,23H,5,8,13-14H2,1H3,(H,24,26)/t18-/m0/s1. The van der Waals surface area contributed by atoms with Gasteiger partial charge in [-0.15, -0.1) is 0 Å². The number of nitrogens with zero attached hydrogens (tertiary/aromatic N) is 1. The fourth-order valence-corrected chi connectivity index (χ4v) is 4.50. The fraction of sp³-hybridized carbons (Fsp3) is 0.273. The van der Waals surface area contributed by atoms with Crippen LogP contribution >= 0.6 is 0 Å². The van der Waals surface area contributed by atoms with Crippen LogP contribution in [0.4, 0.5) is 5.69 Å². The van der Waals surface area contributed by atoms with Crippen LogP contribution in [0.5, 0.6) is 0 Å². The van der Waals surface area contributed by atoms with Crippen molar-refractivity contribution in [3.8, 4) is 11.3 Å². The Hall–Kier alpha value is -3.01. The van der Waals surface area contributed by atoms with E-state index in [9.17, 15) is 13.2 Å². The molecule has 1 amide bonds. The molecule has 0 saturated carbocycles. The lowest BCUT2D eigenvalue weighted by Gasteiger charge is -2.12. The number of hydrogen-bond acceptors (Lipinski definition) is 6. The van der Waals surface area contributed by atoms with Gasteiger partial charge in [-0.05, 0) is 44.0 Å². The third-order valence-electron chi connectivity index (χ3n) is 5.08. The molecule has 2 aromatic carbocycles. The SMILES string of the molecule is Cc1onc(-c2ccccc2)c1C(=O)Nc1ccc(S(=O)(=O)NC[C@@H]2CCCO2)cc1. The highest BCUT2D eigenvalue weighted by molar-refractivity contribution is 7.89. The molecule has 2 N–H and O–H groups in total. The molecule has 31 heavy (non-hydrogen) atoms. The molecular formula is C22H23N3O5S. The number of rotatable bonds is 7. The molecule has 1 aromatic heterocycles. The number of aryl methyl sites for hydroxylation is 1. The molecular weight excluding hydrogens is 418 g/mol. The maximum Gasteiger partial charge on any atom is 0.261 e. The molecule has 1 aliphatic heterocycles. The predicted octanol–water partition coefficient (Wildman–Crippen LogP) is 3.36. The predicted molar refractivity (Wildman–Crippen MR) is 115 cm³/mol. The van der Waals surface area contributed by atoms with Crippen LogP contribution in [0.1, 0.15) is 29.0 Å². The highest BCUT2D eigenvalue weighted by Gasteiger charge is 2.23. The van der Waals surface area contributed by atoms with E-state index in [1.54, 1.807) is 19.1 Å². The maximum atomic E-state index is 12.9. The quantitative estimate of drug-likeness (QED) is 0.582. The van der Waals surface area contributed by atoms with Crippen LogP contribution in [0.3, 0.4) is 0 Å². The van der Waals surface area contributed by atoms with E-state index in [1.165, 1.54) is 12.1 Å². The zero-order valence-corrected chi connectivity index (χ0v) is 17.8. The van der Waals surface area contributed by atoms with Crippen LogP contribution in [0, 0.1) is 6.92 Å². The molecule has 1 aliphatic rings. The topological polar surface area (TPSA) is 111 Å². The average Bonchev–Trinajstić information content (AvgIpc) is 3.43. The van der Waals surface area contributed by atoms with Gasteiger partial charge in [0.2, 0.25) is 10.0 Å². The van der Waals surface area contributed by atoms with Gasteiger partial charge in [0.25, 0.3) is 5.91 Å². The first kappa shape index (κ1) is 21.2. The lowest BCUT2D eigenvalue weighted by atomic mass is 10.1. The van der Waals surface area contributed by atoms with E-state index in [0.29, 0.717) is 29.3 Å². The van der Waals surface area contributed by atoms with E-state index in [1.807, 2.05) is 30.3 Å². The van der Waals surface area contributed by atoms with Gasteiger partial charge in [0.05, 0.1) is 11.0 Å². The average molecular weight is 442 g/mol. The molecule has 2 heterocycles.